The van der Waals surface area contributed by atoms with Crippen LogP contribution in [0.15, 0.2) is 24.4 Å². The van der Waals surface area contributed by atoms with Crippen molar-refractivity contribution in [3.05, 3.63) is 30.1 Å². The van der Waals surface area contributed by atoms with Crippen LogP contribution in [0.2, 0.25) is 0 Å². The molecule has 1 N–H and O–H groups in total. The molecule has 0 radical (unpaired) electrons. The number of hydrogen-bond donors (Lipinski definition) is 1. The van der Waals surface area contributed by atoms with Crippen LogP contribution in [-0.2, 0) is 4.74 Å². The van der Waals surface area contributed by atoms with Gasteiger partial charge in [-0.25, -0.2) is 0 Å². The molecular formula is C15H22N2O. The first kappa shape index (κ1) is 12.1. The molecule has 1 saturated heterocycles. The number of ether oxygens (including phenoxy) is 1. The minimum atomic E-state index is 0.222. The standard InChI is InChI=1S/C15H22N2O/c1-12(14-5-2-3-9-16-14)17-13-6-10-18-15(11-13)7-4-8-15/h2-3,5,9,12-13,17H,4,6-8,10-11H2,1H3/t12-,13?/m0/s1. The molecule has 1 aliphatic carbocycles. The predicted molar refractivity (Wildman–Crippen MR) is 71.3 cm³/mol. The molecule has 18 heavy (non-hydrogen) atoms. The highest BCUT2D eigenvalue weighted by molar-refractivity contribution is 5.08. The Bertz CT molecular complexity index is 389. The Morgan fingerprint density at radius 2 is 2.33 bits per heavy atom. The van der Waals surface area contributed by atoms with Gasteiger partial charge in [-0.05, 0) is 51.2 Å². The number of nitrogens with one attached hydrogen (secondary N) is 1. The van der Waals surface area contributed by atoms with Gasteiger partial charge in [0.2, 0.25) is 0 Å². The van der Waals surface area contributed by atoms with E-state index in [-0.39, 0.29) is 5.60 Å². The van der Waals surface area contributed by atoms with E-state index in [1.54, 1.807) is 0 Å². The highest BCUT2D eigenvalue weighted by atomic mass is 16.5. The lowest BCUT2D eigenvalue weighted by molar-refractivity contribution is -0.136. The predicted octanol–water partition coefficient (Wildman–Crippen LogP) is 2.83. The second-order valence-corrected chi connectivity index (χ2v) is 5.72. The van der Waals surface area contributed by atoms with Gasteiger partial charge in [0, 0.05) is 24.9 Å². The summed E-state index contributed by atoms with van der Waals surface area (Å²) in [4.78, 5) is 4.42. The van der Waals surface area contributed by atoms with Gasteiger partial charge in [0.05, 0.1) is 11.3 Å². The van der Waals surface area contributed by atoms with Crippen molar-refractivity contribution >= 4 is 0 Å². The zero-order valence-electron chi connectivity index (χ0n) is 11.1. The van der Waals surface area contributed by atoms with Crippen molar-refractivity contribution in [1.29, 1.82) is 0 Å². The lowest BCUT2D eigenvalue weighted by atomic mass is 9.74. The molecule has 1 spiro atoms. The number of aromatic nitrogens is 1. The van der Waals surface area contributed by atoms with Gasteiger partial charge in [-0.15, -0.1) is 0 Å². The number of pyridine rings is 1. The molecule has 2 heterocycles. The molecular weight excluding hydrogens is 224 g/mol. The van der Waals surface area contributed by atoms with Gasteiger partial charge < -0.3 is 10.1 Å². The molecule has 3 nitrogen and oxygen atoms in total. The molecule has 0 bridgehead atoms. The third-order valence-electron chi connectivity index (χ3n) is 4.37. The van der Waals surface area contributed by atoms with Crippen molar-refractivity contribution in [1.82, 2.24) is 10.3 Å². The van der Waals surface area contributed by atoms with Gasteiger partial charge in [0.25, 0.3) is 0 Å². The van der Waals surface area contributed by atoms with Crippen LogP contribution in [-0.4, -0.2) is 23.2 Å². The first-order chi connectivity index (χ1) is 8.77. The first-order valence-electron chi connectivity index (χ1n) is 7.08. The van der Waals surface area contributed by atoms with Crippen LogP contribution >= 0.6 is 0 Å². The van der Waals surface area contributed by atoms with E-state index < -0.39 is 0 Å². The van der Waals surface area contributed by atoms with E-state index in [4.69, 9.17) is 4.74 Å². The Morgan fingerprint density at radius 3 is 3.00 bits per heavy atom. The quantitative estimate of drug-likeness (QED) is 0.890. The molecule has 0 aromatic carbocycles. The zero-order chi connectivity index (χ0) is 12.4. The molecule has 1 aromatic heterocycles. The molecule has 3 rings (SSSR count). The largest absolute Gasteiger partial charge is 0.375 e. The van der Waals surface area contributed by atoms with E-state index in [0.29, 0.717) is 12.1 Å². The number of rotatable bonds is 3. The Hall–Kier alpha value is -0.930. The first-order valence-corrected chi connectivity index (χ1v) is 7.08. The fraction of sp³-hybridized carbons (Fsp3) is 0.667. The number of nitrogens with zero attached hydrogens (tertiary/aromatic N) is 1. The van der Waals surface area contributed by atoms with Crippen LogP contribution in [0.3, 0.4) is 0 Å². The topological polar surface area (TPSA) is 34.1 Å². The van der Waals surface area contributed by atoms with Crippen molar-refractivity contribution in [2.24, 2.45) is 0 Å². The zero-order valence-corrected chi connectivity index (χ0v) is 11.1. The second-order valence-electron chi connectivity index (χ2n) is 5.72. The Balaban J connectivity index is 1.59. The highest BCUT2D eigenvalue weighted by Crippen LogP contribution is 2.42. The van der Waals surface area contributed by atoms with Crippen LogP contribution < -0.4 is 5.32 Å². The maximum absolute atomic E-state index is 5.96. The molecule has 1 aromatic rings. The normalized spacial score (nSPS) is 27.7. The van der Waals surface area contributed by atoms with Gasteiger partial charge in [-0.2, -0.15) is 0 Å². The summed E-state index contributed by atoms with van der Waals surface area (Å²) in [5, 5.41) is 3.72. The van der Waals surface area contributed by atoms with Crippen molar-refractivity contribution in [3.8, 4) is 0 Å². The maximum atomic E-state index is 5.96. The summed E-state index contributed by atoms with van der Waals surface area (Å²) in [6, 6.07) is 7.02. The summed E-state index contributed by atoms with van der Waals surface area (Å²) >= 11 is 0. The van der Waals surface area contributed by atoms with Gasteiger partial charge in [0.1, 0.15) is 0 Å². The van der Waals surface area contributed by atoms with Crippen molar-refractivity contribution in [3.63, 3.8) is 0 Å². The van der Waals surface area contributed by atoms with E-state index in [2.05, 4.69) is 29.4 Å². The fourth-order valence-electron chi connectivity index (χ4n) is 3.16. The highest BCUT2D eigenvalue weighted by Gasteiger charge is 2.42. The van der Waals surface area contributed by atoms with Crippen molar-refractivity contribution in [2.45, 2.75) is 56.7 Å². The second kappa shape index (κ2) is 4.98. The van der Waals surface area contributed by atoms with E-state index in [1.807, 2.05) is 12.3 Å². The smallest absolute Gasteiger partial charge is 0.0697 e. The van der Waals surface area contributed by atoms with Crippen molar-refractivity contribution in [2.75, 3.05) is 6.61 Å². The molecule has 2 atom stereocenters. The van der Waals surface area contributed by atoms with Crippen LogP contribution in [0, 0.1) is 0 Å². The van der Waals surface area contributed by atoms with Gasteiger partial charge in [-0.3, -0.25) is 4.98 Å². The molecule has 1 aliphatic heterocycles. The molecule has 1 saturated carbocycles. The summed E-state index contributed by atoms with van der Waals surface area (Å²) in [5.74, 6) is 0. The van der Waals surface area contributed by atoms with Crippen LogP contribution in [0.5, 0.6) is 0 Å². The van der Waals surface area contributed by atoms with E-state index in [9.17, 15) is 0 Å². The Kier molecular flexibility index (Phi) is 3.35. The van der Waals surface area contributed by atoms with E-state index >= 15 is 0 Å². The molecule has 0 amide bonds. The SMILES string of the molecule is C[C@H](NC1CCOC2(CCC2)C1)c1ccccn1. The van der Waals surface area contributed by atoms with Crippen LogP contribution in [0.25, 0.3) is 0 Å². The van der Waals surface area contributed by atoms with Crippen molar-refractivity contribution < 1.29 is 4.74 Å². The molecule has 2 aliphatic rings. The van der Waals surface area contributed by atoms with E-state index in [0.717, 1.165) is 18.7 Å². The summed E-state index contributed by atoms with van der Waals surface area (Å²) in [6.07, 6.45) is 8.00. The minimum Gasteiger partial charge on any atom is -0.375 e. The number of hydrogen-bond acceptors (Lipinski definition) is 3. The molecule has 3 heteroatoms. The maximum Gasteiger partial charge on any atom is 0.0697 e. The molecule has 98 valence electrons. The summed E-state index contributed by atoms with van der Waals surface area (Å²) in [7, 11) is 0. The molecule has 1 unspecified atom stereocenters. The Labute approximate surface area is 109 Å². The van der Waals surface area contributed by atoms with E-state index in [1.165, 1.54) is 25.7 Å². The lowest BCUT2D eigenvalue weighted by Crippen LogP contribution is -2.51. The average Bonchev–Trinajstić information content (AvgIpc) is 2.38. The van der Waals surface area contributed by atoms with Gasteiger partial charge >= 0.3 is 0 Å². The average molecular weight is 246 g/mol. The summed E-state index contributed by atoms with van der Waals surface area (Å²) in [5.41, 5.74) is 1.35. The van der Waals surface area contributed by atoms with Gasteiger partial charge in [-0.1, -0.05) is 6.07 Å². The van der Waals surface area contributed by atoms with Gasteiger partial charge in [0.15, 0.2) is 0 Å². The fourth-order valence-corrected chi connectivity index (χ4v) is 3.16. The molecule has 2 fully saturated rings. The Morgan fingerprint density at radius 1 is 1.44 bits per heavy atom. The lowest BCUT2D eigenvalue weighted by Gasteiger charge is -2.47. The minimum absolute atomic E-state index is 0.222. The summed E-state index contributed by atoms with van der Waals surface area (Å²) in [6.45, 7) is 3.11. The third kappa shape index (κ3) is 2.43. The van der Waals surface area contributed by atoms with Crippen LogP contribution in [0.4, 0.5) is 0 Å². The summed E-state index contributed by atoms with van der Waals surface area (Å²) < 4.78 is 5.96. The third-order valence-corrected chi connectivity index (χ3v) is 4.37. The monoisotopic (exact) mass is 246 g/mol. The van der Waals surface area contributed by atoms with Crippen LogP contribution in [0.1, 0.15) is 50.8 Å².